The summed E-state index contributed by atoms with van der Waals surface area (Å²) in [4.78, 5) is 4.99. The zero-order valence-electron chi connectivity index (χ0n) is 34.0. The number of imidazole rings is 1. The van der Waals surface area contributed by atoms with Crippen LogP contribution in [0.2, 0.25) is 0 Å². The molecule has 4 aromatic carbocycles. The van der Waals surface area contributed by atoms with Crippen LogP contribution in [0.15, 0.2) is 79.0 Å². The third-order valence-electron chi connectivity index (χ3n) is 13.2. The van der Waals surface area contributed by atoms with E-state index in [0.717, 1.165) is 37.2 Å². The quantitative estimate of drug-likeness (QED) is 0.165. The molecule has 3 aromatic heterocycles. The van der Waals surface area contributed by atoms with Gasteiger partial charge in [0.15, 0.2) is 0 Å². The molecule has 0 radical (unpaired) electrons. The average Bonchev–Trinajstić information content (AvgIpc) is 3.59. The SMILES string of the molecule is Cn1[c](=[Pt])n(-c2[c-]c(Oc3[c-]c4c(cc3)c3cc5c(cc3n4-c3cc(C(C)(C)C)ccn3)C(C)(C)C(C)(C)C5(C)C)ccc2)c2ccc(C(C)(C)C)cc21. The van der Waals surface area contributed by atoms with Gasteiger partial charge in [-0.3, -0.25) is 0 Å². The molecule has 6 heteroatoms. The van der Waals surface area contributed by atoms with E-state index in [1.54, 1.807) is 0 Å². The maximum atomic E-state index is 6.64. The van der Waals surface area contributed by atoms with Crippen LogP contribution in [0, 0.1) is 21.4 Å². The van der Waals surface area contributed by atoms with Crippen LogP contribution in [0.25, 0.3) is 44.3 Å². The third kappa shape index (κ3) is 5.35. The molecule has 7 aromatic rings. The van der Waals surface area contributed by atoms with Crippen LogP contribution >= 0.6 is 0 Å². The van der Waals surface area contributed by atoms with Crippen molar-refractivity contribution >= 4 is 32.8 Å². The standard InChI is InChI=1S/C48H52N4O.Pt/c1-44(2,3)30-17-20-39-42(23-30)50(13)29-51(39)32-15-14-16-33(25-32)53-34-18-19-35-36-27-37-38(47(9,10)48(11,12)46(37,7)8)28-41(36)52(40(35)26-34)43-24-31(21-22-49-43)45(4,5)6;/h14-24,27-28H,1-13H3;/q-2;. The molecule has 0 saturated heterocycles. The first-order chi connectivity index (χ1) is 25.1. The Morgan fingerprint density at radius 3 is 1.98 bits per heavy atom. The summed E-state index contributed by atoms with van der Waals surface area (Å²) < 4.78 is 14.5. The summed E-state index contributed by atoms with van der Waals surface area (Å²) >= 11 is 2.41. The summed E-state index contributed by atoms with van der Waals surface area (Å²) in [5.74, 6) is 2.15. The number of hydrogen-bond donors (Lipinski definition) is 0. The fourth-order valence-electron chi connectivity index (χ4n) is 8.51. The van der Waals surface area contributed by atoms with Gasteiger partial charge in [0.2, 0.25) is 0 Å². The molecule has 0 aliphatic heterocycles. The van der Waals surface area contributed by atoms with Crippen LogP contribution in [0.5, 0.6) is 11.5 Å². The van der Waals surface area contributed by atoms with Crippen molar-refractivity contribution in [3.63, 3.8) is 0 Å². The van der Waals surface area contributed by atoms with E-state index < -0.39 is 0 Å². The van der Waals surface area contributed by atoms with Crippen molar-refractivity contribution in [1.29, 1.82) is 0 Å². The fraction of sp³-hybridized carbons (Fsp3) is 0.375. The van der Waals surface area contributed by atoms with Crippen LogP contribution in [0.4, 0.5) is 0 Å². The van der Waals surface area contributed by atoms with E-state index in [1.165, 1.54) is 33.2 Å². The topological polar surface area (TPSA) is 36.9 Å². The van der Waals surface area contributed by atoms with Gasteiger partial charge in [-0.25, -0.2) is 0 Å². The summed E-state index contributed by atoms with van der Waals surface area (Å²) in [6.07, 6.45) is 1.94. The first-order valence-corrected chi connectivity index (χ1v) is 20.2. The van der Waals surface area contributed by atoms with Gasteiger partial charge in [0, 0.05) is 6.20 Å². The summed E-state index contributed by atoms with van der Waals surface area (Å²) in [6.45, 7) is 28.0. The van der Waals surface area contributed by atoms with Crippen molar-refractivity contribution in [2.24, 2.45) is 12.5 Å². The Balaban J connectivity index is 1.28. The van der Waals surface area contributed by atoms with Gasteiger partial charge < -0.3 is 0 Å². The minimum absolute atomic E-state index is 0.0126. The zero-order valence-corrected chi connectivity index (χ0v) is 36.3. The molecule has 1 aliphatic rings. The van der Waals surface area contributed by atoms with Crippen LogP contribution < -0.4 is 4.74 Å². The van der Waals surface area contributed by atoms with Gasteiger partial charge in [-0.2, -0.15) is 0 Å². The van der Waals surface area contributed by atoms with Gasteiger partial charge in [-0.05, 0) is 44.4 Å². The molecule has 0 bridgehead atoms. The van der Waals surface area contributed by atoms with Gasteiger partial charge in [0.05, 0.1) is 0 Å². The van der Waals surface area contributed by atoms with Gasteiger partial charge in [-0.1, -0.05) is 62.3 Å². The number of aromatic nitrogens is 4. The van der Waals surface area contributed by atoms with Crippen molar-refractivity contribution < 1.29 is 24.1 Å². The zero-order chi connectivity index (χ0) is 38.9. The molecule has 0 spiro atoms. The second-order valence-corrected chi connectivity index (χ2v) is 20.0. The van der Waals surface area contributed by atoms with Crippen LogP contribution in [-0.2, 0) is 48.1 Å². The van der Waals surface area contributed by atoms with E-state index in [4.69, 9.17) is 9.72 Å². The summed E-state index contributed by atoms with van der Waals surface area (Å²) in [7, 11) is 2.13. The molecular formula is C48H52N4OPt-2. The van der Waals surface area contributed by atoms with Crippen molar-refractivity contribution in [2.75, 3.05) is 0 Å². The van der Waals surface area contributed by atoms with Gasteiger partial charge in [-0.15, -0.1) is 0 Å². The van der Waals surface area contributed by atoms with Crippen LogP contribution in [-0.4, -0.2) is 18.7 Å². The molecule has 54 heavy (non-hydrogen) atoms. The molecule has 0 unspecified atom stereocenters. The van der Waals surface area contributed by atoms with Gasteiger partial charge in [0.25, 0.3) is 0 Å². The predicted octanol–water partition coefficient (Wildman–Crippen LogP) is 12.1. The minimum atomic E-state index is -0.0321. The van der Waals surface area contributed by atoms with Crippen molar-refractivity contribution in [2.45, 2.75) is 105 Å². The molecule has 0 N–H and O–H groups in total. The summed E-state index contributed by atoms with van der Waals surface area (Å²) in [6, 6.07) is 33.7. The van der Waals surface area contributed by atoms with Crippen LogP contribution in [0.1, 0.15) is 105 Å². The molecule has 0 amide bonds. The maximum absolute atomic E-state index is 6.64. The van der Waals surface area contributed by atoms with E-state index >= 15 is 0 Å². The number of aryl methyl sites for hydroxylation is 1. The number of nitrogens with zero attached hydrogens (tertiary/aromatic N) is 4. The second-order valence-electron chi connectivity index (χ2n) is 19.0. The first-order valence-electron chi connectivity index (χ1n) is 19.0. The molecule has 5 nitrogen and oxygen atoms in total. The van der Waals surface area contributed by atoms with Crippen LogP contribution in [0.3, 0.4) is 0 Å². The predicted molar refractivity (Wildman–Crippen MR) is 219 cm³/mol. The van der Waals surface area contributed by atoms with Gasteiger partial charge in [0.1, 0.15) is 0 Å². The van der Waals surface area contributed by atoms with E-state index in [9.17, 15) is 0 Å². The van der Waals surface area contributed by atoms with Crippen molar-refractivity contribution in [3.8, 4) is 23.0 Å². The Bertz CT molecular complexity index is 2720. The Labute approximate surface area is 331 Å². The van der Waals surface area contributed by atoms with Crippen molar-refractivity contribution in [1.82, 2.24) is 18.7 Å². The normalized spacial score (nSPS) is 16.4. The Morgan fingerprint density at radius 1 is 0.648 bits per heavy atom. The molecular weight excluding hydrogens is 844 g/mol. The number of rotatable bonds is 4. The molecule has 3 heterocycles. The second kappa shape index (κ2) is 11.9. The number of ether oxygens (including phenoxy) is 1. The third-order valence-corrected chi connectivity index (χ3v) is 14.5. The number of hydrogen-bond acceptors (Lipinski definition) is 2. The Kier molecular flexibility index (Phi) is 8.09. The first kappa shape index (κ1) is 36.7. The number of fused-ring (bicyclic) bond motifs is 5. The van der Waals surface area contributed by atoms with Gasteiger partial charge >= 0.3 is 220 Å². The number of pyridine rings is 1. The summed E-state index contributed by atoms with van der Waals surface area (Å²) in [5.41, 5.74) is 10.7. The Hall–Kier alpha value is -4.21. The van der Waals surface area contributed by atoms with E-state index in [0.29, 0.717) is 11.5 Å². The molecule has 1 aliphatic carbocycles. The summed E-state index contributed by atoms with van der Waals surface area (Å²) in [5, 5.41) is 2.34. The molecule has 0 atom stereocenters. The van der Waals surface area contributed by atoms with E-state index in [2.05, 4.69) is 190 Å². The fourth-order valence-corrected chi connectivity index (χ4v) is 9.33. The molecule has 0 fully saturated rings. The number of benzene rings is 4. The van der Waals surface area contributed by atoms with E-state index in [-0.39, 0.29) is 27.1 Å². The van der Waals surface area contributed by atoms with E-state index in [1.807, 2.05) is 24.4 Å². The van der Waals surface area contributed by atoms with Crippen molar-refractivity contribution in [3.05, 3.63) is 117 Å². The molecule has 282 valence electrons. The molecule has 0 saturated carbocycles. The molecule has 8 rings (SSSR count). The Morgan fingerprint density at radius 2 is 1.30 bits per heavy atom. The average molecular weight is 896 g/mol. The monoisotopic (exact) mass is 895 g/mol.